The topological polar surface area (TPSA) is 171 Å². The molecule has 4 saturated carbocycles. The third-order valence-electron chi connectivity index (χ3n) is 13.3. The Morgan fingerprint density at radius 3 is 2.26 bits per heavy atom. The van der Waals surface area contributed by atoms with Gasteiger partial charge in [0, 0.05) is 42.9 Å². The van der Waals surface area contributed by atoms with Gasteiger partial charge in [-0.25, -0.2) is 0 Å². The molecule has 4 aliphatic carbocycles. The van der Waals surface area contributed by atoms with Crippen LogP contribution in [-0.2, 0) is 42.9 Å². The molecule has 0 radical (unpaired) electrons. The second-order valence-corrected chi connectivity index (χ2v) is 15.4. The van der Waals surface area contributed by atoms with E-state index in [0.717, 1.165) is 5.56 Å². The van der Waals surface area contributed by atoms with E-state index in [1.54, 1.807) is 33.3 Å². The number of ether oxygens (including phenoxy) is 5. The number of esters is 3. The molecule has 6 fully saturated rings. The molecule has 14 atom stereocenters. The van der Waals surface area contributed by atoms with Gasteiger partial charge in [-0.3, -0.25) is 19.2 Å². The Morgan fingerprint density at radius 2 is 1.65 bits per heavy atom. The molecule has 2 bridgehead atoms. The van der Waals surface area contributed by atoms with Gasteiger partial charge >= 0.3 is 17.9 Å². The van der Waals surface area contributed by atoms with Gasteiger partial charge in [0.25, 0.3) is 0 Å². The number of hydrogen-bond donors (Lipinski definition) is 2. The van der Waals surface area contributed by atoms with Crippen molar-refractivity contribution in [1.82, 2.24) is 0 Å². The van der Waals surface area contributed by atoms with E-state index in [2.05, 4.69) is 0 Å². The molecule has 3 heterocycles. The minimum Gasteiger partial charge on any atom is -0.472 e. The molecule has 12 heteroatoms. The van der Waals surface area contributed by atoms with E-state index in [0.29, 0.717) is 6.42 Å². The molecule has 0 aromatic carbocycles. The van der Waals surface area contributed by atoms with Gasteiger partial charge in [-0.05, 0) is 37.3 Å². The summed E-state index contributed by atoms with van der Waals surface area (Å²) in [6, 6.07) is 1.84. The van der Waals surface area contributed by atoms with Gasteiger partial charge < -0.3 is 38.3 Å². The Balaban J connectivity index is 1.41. The number of rotatable bonds is 5. The maximum absolute atomic E-state index is 15.3. The van der Waals surface area contributed by atoms with Crippen LogP contribution in [-0.4, -0.2) is 82.9 Å². The zero-order chi connectivity index (χ0) is 33.4. The molecule has 1 aromatic rings. The third kappa shape index (κ3) is 3.54. The SMILES string of the molecule is CC(=O)O[C@@H]1C[C@H](O)[C@@]23CO[C@H](OC(=O)C(C)C)[C@@]1(C)[C@@H]2C[C@@H](O)[C@]1(C)[C@@H]3C(=O)[C@H](OC(C)=O)[C@@]2(C)[C@H](c3ccoc3)C[C@H]3O[C@]321. The zero-order valence-electron chi connectivity index (χ0n) is 27.3. The fraction of sp³-hybridized carbons (Fsp3) is 0.765. The highest BCUT2D eigenvalue weighted by Gasteiger charge is 2.92. The third-order valence-corrected chi connectivity index (χ3v) is 13.3. The maximum Gasteiger partial charge on any atom is 0.310 e. The van der Waals surface area contributed by atoms with Crippen molar-refractivity contribution in [1.29, 1.82) is 0 Å². The van der Waals surface area contributed by atoms with Gasteiger partial charge in [-0.2, -0.15) is 0 Å². The average Bonchev–Trinajstić information content (AvgIpc) is 3.33. The Bertz CT molecular complexity index is 1470. The number of ketones is 1. The average molecular weight is 645 g/mol. The van der Waals surface area contributed by atoms with E-state index in [4.69, 9.17) is 28.1 Å². The van der Waals surface area contributed by atoms with Crippen molar-refractivity contribution in [3.05, 3.63) is 24.2 Å². The van der Waals surface area contributed by atoms with E-state index in [1.165, 1.54) is 13.8 Å². The summed E-state index contributed by atoms with van der Waals surface area (Å²) in [6.07, 6.45) is -2.36. The van der Waals surface area contributed by atoms with Crippen molar-refractivity contribution in [3.63, 3.8) is 0 Å². The van der Waals surface area contributed by atoms with Crippen molar-refractivity contribution in [3.8, 4) is 0 Å². The van der Waals surface area contributed by atoms with E-state index in [-0.39, 0.29) is 31.5 Å². The summed E-state index contributed by atoms with van der Waals surface area (Å²) >= 11 is 0. The molecule has 12 nitrogen and oxygen atoms in total. The fourth-order valence-corrected chi connectivity index (χ4v) is 11.4. The lowest BCUT2D eigenvalue weighted by molar-refractivity contribution is -0.374. The summed E-state index contributed by atoms with van der Waals surface area (Å²) in [6.45, 7) is 11.3. The smallest absolute Gasteiger partial charge is 0.310 e. The number of carbonyl (C=O) groups excluding carboxylic acids is 4. The van der Waals surface area contributed by atoms with E-state index in [9.17, 15) is 24.6 Å². The van der Waals surface area contributed by atoms with Gasteiger partial charge in [0.1, 0.15) is 11.7 Å². The second-order valence-electron chi connectivity index (χ2n) is 15.4. The van der Waals surface area contributed by atoms with Gasteiger partial charge in [0.05, 0.1) is 54.2 Å². The van der Waals surface area contributed by atoms with Crippen molar-refractivity contribution >= 4 is 23.7 Å². The van der Waals surface area contributed by atoms with E-state index in [1.807, 2.05) is 19.9 Å². The molecular weight excluding hydrogens is 600 g/mol. The quantitative estimate of drug-likeness (QED) is 0.273. The van der Waals surface area contributed by atoms with Crippen LogP contribution in [0.3, 0.4) is 0 Å². The van der Waals surface area contributed by atoms with Crippen molar-refractivity contribution in [2.45, 2.75) is 116 Å². The molecule has 0 amide bonds. The Hall–Kier alpha value is -2.80. The highest BCUT2D eigenvalue weighted by Crippen LogP contribution is 2.83. The van der Waals surface area contributed by atoms with Crippen LogP contribution in [0.25, 0.3) is 0 Å². The van der Waals surface area contributed by atoms with E-state index >= 15 is 4.79 Å². The van der Waals surface area contributed by atoms with Crippen molar-refractivity contribution in [2.24, 2.45) is 39.4 Å². The number of carbonyl (C=O) groups is 4. The number of furan rings is 1. The number of aliphatic hydroxyl groups is 2. The molecule has 7 rings (SSSR count). The molecule has 0 unspecified atom stereocenters. The lowest BCUT2D eigenvalue weighted by Gasteiger charge is -2.73. The molecular formula is C34H44O12. The number of aliphatic hydroxyl groups excluding tert-OH is 2. The van der Waals surface area contributed by atoms with Gasteiger partial charge in [0.2, 0.25) is 6.29 Å². The summed E-state index contributed by atoms with van der Waals surface area (Å²) < 4.78 is 36.1. The first-order chi connectivity index (χ1) is 21.5. The van der Waals surface area contributed by atoms with Crippen LogP contribution in [0.2, 0.25) is 0 Å². The van der Waals surface area contributed by atoms with Crippen LogP contribution in [0.4, 0.5) is 0 Å². The second kappa shape index (κ2) is 9.87. The fourth-order valence-electron chi connectivity index (χ4n) is 11.4. The Labute approximate surface area is 267 Å². The normalized spacial score (nSPS) is 50.0. The summed E-state index contributed by atoms with van der Waals surface area (Å²) in [4.78, 5) is 53.3. The molecule has 2 N–H and O–H groups in total. The van der Waals surface area contributed by atoms with Crippen LogP contribution in [0.5, 0.6) is 0 Å². The Kier molecular flexibility index (Phi) is 6.82. The number of hydrogen-bond acceptors (Lipinski definition) is 12. The number of fused-ring (bicyclic) bond motifs is 1. The van der Waals surface area contributed by atoms with E-state index < -0.39 is 99.4 Å². The summed E-state index contributed by atoms with van der Waals surface area (Å²) in [5.41, 5.74) is -5.13. The lowest BCUT2D eigenvalue weighted by Crippen LogP contribution is -2.82. The zero-order valence-corrected chi connectivity index (χ0v) is 27.3. The van der Waals surface area contributed by atoms with Gasteiger partial charge in [0.15, 0.2) is 11.9 Å². The summed E-state index contributed by atoms with van der Waals surface area (Å²) in [7, 11) is 0. The molecule has 2 saturated heterocycles. The molecule has 1 spiro atoms. The lowest BCUT2D eigenvalue weighted by atomic mass is 9.33. The molecule has 1 aromatic heterocycles. The summed E-state index contributed by atoms with van der Waals surface area (Å²) in [5, 5.41) is 24.7. The predicted octanol–water partition coefficient (Wildman–Crippen LogP) is 2.67. The first-order valence-corrected chi connectivity index (χ1v) is 16.3. The first kappa shape index (κ1) is 31.8. The highest BCUT2D eigenvalue weighted by molar-refractivity contribution is 5.93. The monoisotopic (exact) mass is 644 g/mol. The van der Waals surface area contributed by atoms with Crippen LogP contribution < -0.4 is 0 Å². The highest BCUT2D eigenvalue weighted by atomic mass is 16.7. The van der Waals surface area contributed by atoms with Crippen LogP contribution in [0.1, 0.15) is 79.2 Å². The van der Waals surface area contributed by atoms with Gasteiger partial charge in [-0.15, -0.1) is 0 Å². The van der Waals surface area contributed by atoms with Crippen molar-refractivity contribution in [2.75, 3.05) is 6.61 Å². The standard InChI is InChI=1S/C34H44O12/c1-15(2)28(40)45-29-30(5)20-11-21(37)32(7)26(33(20,14-42-29)22(38)12-23(30)43-16(3)35)25(39)27(44-17(4)36)31(6)19(18-8-9-41-13-18)10-24-34(31,32)46-24/h8-9,13,15,19-24,26-27,29,37-38H,10-12,14H2,1-7H3/t19-,20-,21+,22-,23+,24+,26-,27-,29+,30-,31+,32+,33+,34+/m0/s1. The number of epoxide rings is 1. The summed E-state index contributed by atoms with van der Waals surface area (Å²) in [5.74, 6) is -4.71. The molecule has 6 aliphatic rings. The van der Waals surface area contributed by atoms with Crippen LogP contribution >= 0.6 is 0 Å². The number of Topliss-reactive ketones (excluding diaryl/α,β-unsaturated/α-hetero) is 1. The maximum atomic E-state index is 15.3. The largest absolute Gasteiger partial charge is 0.472 e. The minimum absolute atomic E-state index is 0.0495. The minimum atomic E-state index is -1.32. The van der Waals surface area contributed by atoms with Crippen LogP contribution in [0, 0.1) is 39.4 Å². The van der Waals surface area contributed by atoms with Gasteiger partial charge in [-0.1, -0.05) is 27.7 Å². The first-order valence-electron chi connectivity index (χ1n) is 16.3. The Morgan fingerprint density at radius 1 is 0.957 bits per heavy atom. The molecule has 2 aliphatic heterocycles. The van der Waals surface area contributed by atoms with Crippen LogP contribution in [0.15, 0.2) is 23.0 Å². The predicted molar refractivity (Wildman–Crippen MR) is 155 cm³/mol. The van der Waals surface area contributed by atoms with Crippen molar-refractivity contribution < 1.29 is 57.5 Å². The molecule has 252 valence electrons. The molecule has 46 heavy (non-hydrogen) atoms.